The lowest BCUT2D eigenvalue weighted by Crippen LogP contribution is -2.35. The standard InChI is InChI=1S/C21H21ClN4O2S2/c22-19-7-3-2-6-17(19)14-23-25-21-24-20(15-29-21)16-8-10-18(11-9-16)30(27,28)26-12-4-1-5-13-26/h2-3,6-11,14-15H,1,4-5,12-13H2,(H,24,25). The van der Waals surface area contributed by atoms with Crippen LogP contribution in [0.3, 0.4) is 0 Å². The molecule has 2 heterocycles. The summed E-state index contributed by atoms with van der Waals surface area (Å²) in [5, 5.41) is 7.35. The molecule has 0 unspecified atom stereocenters. The Hall–Kier alpha value is -2.26. The van der Waals surface area contributed by atoms with Crippen LogP contribution in [0, 0.1) is 0 Å². The SMILES string of the molecule is O=S(=O)(c1ccc(-c2csc(NN=Cc3ccccc3Cl)n2)cc1)N1CCCCC1. The molecular weight excluding hydrogens is 440 g/mol. The molecule has 0 amide bonds. The summed E-state index contributed by atoms with van der Waals surface area (Å²) in [5.74, 6) is 0. The zero-order valence-electron chi connectivity index (χ0n) is 16.2. The second-order valence-electron chi connectivity index (χ2n) is 6.92. The monoisotopic (exact) mass is 460 g/mol. The summed E-state index contributed by atoms with van der Waals surface area (Å²) in [6.07, 6.45) is 4.58. The molecule has 1 aliphatic heterocycles. The number of anilines is 1. The lowest BCUT2D eigenvalue weighted by atomic mass is 10.2. The predicted molar refractivity (Wildman–Crippen MR) is 123 cm³/mol. The normalized spacial score (nSPS) is 15.5. The first-order chi connectivity index (χ1) is 14.5. The molecule has 0 bridgehead atoms. The molecule has 30 heavy (non-hydrogen) atoms. The van der Waals surface area contributed by atoms with Gasteiger partial charge in [0.2, 0.25) is 15.2 Å². The molecule has 1 N–H and O–H groups in total. The maximum Gasteiger partial charge on any atom is 0.243 e. The minimum absolute atomic E-state index is 0.325. The molecule has 1 fully saturated rings. The van der Waals surface area contributed by atoms with E-state index in [1.165, 1.54) is 11.3 Å². The highest BCUT2D eigenvalue weighted by atomic mass is 35.5. The molecule has 0 radical (unpaired) electrons. The highest BCUT2D eigenvalue weighted by Gasteiger charge is 2.25. The molecule has 0 saturated carbocycles. The van der Waals surface area contributed by atoms with Gasteiger partial charge in [0.25, 0.3) is 0 Å². The van der Waals surface area contributed by atoms with Crippen LogP contribution >= 0.6 is 22.9 Å². The van der Waals surface area contributed by atoms with E-state index >= 15 is 0 Å². The molecule has 9 heteroatoms. The average molecular weight is 461 g/mol. The van der Waals surface area contributed by atoms with Gasteiger partial charge >= 0.3 is 0 Å². The predicted octanol–water partition coefficient (Wildman–Crippen LogP) is 5.08. The Morgan fingerprint density at radius 1 is 1.07 bits per heavy atom. The van der Waals surface area contributed by atoms with E-state index in [-0.39, 0.29) is 0 Å². The molecule has 0 atom stereocenters. The fourth-order valence-corrected chi connectivity index (χ4v) is 5.62. The summed E-state index contributed by atoms with van der Waals surface area (Å²) < 4.78 is 27.1. The molecular formula is C21H21ClN4O2S2. The summed E-state index contributed by atoms with van der Waals surface area (Å²) in [6, 6.07) is 14.3. The van der Waals surface area contributed by atoms with Crippen LogP contribution in [0.4, 0.5) is 5.13 Å². The second-order valence-corrected chi connectivity index (χ2v) is 10.1. The highest BCUT2D eigenvalue weighted by Crippen LogP contribution is 2.27. The molecule has 2 aromatic carbocycles. The summed E-state index contributed by atoms with van der Waals surface area (Å²) in [7, 11) is -3.42. The first-order valence-electron chi connectivity index (χ1n) is 9.64. The van der Waals surface area contributed by atoms with E-state index in [0.29, 0.717) is 28.1 Å². The van der Waals surface area contributed by atoms with E-state index < -0.39 is 10.0 Å². The Kier molecular flexibility index (Phi) is 6.48. The highest BCUT2D eigenvalue weighted by molar-refractivity contribution is 7.89. The Morgan fingerprint density at radius 2 is 1.80 bits per heavy atom. The Bertz CT molecular complexity index is 1140. The van der Waals surface area contributed by atoms with Crippen LogP contribution in [0.15, 0.2) is 63.9 Å². The number of sulfonamides is 1. The topological polar surface area (TPSA) is 74.7 Å². The molecule has 1 saturated heterocycles. The van der Waals surface area contributed by atoms with Gasteiger partial charge in [0, 0.05) is 34.6 Å². The van der Waals surface area contributed by atoms with Gasteiger partial charge in [-0.3, -0.25) is 5.43 Å². The summed E-state index contributed by atoms with van der Waals surface area (Å²) in [5.41, 5.74) is 5.33. The zero-order chi connectivity index (χ0) is 21.0. The zero-order valence-corrected chi connectivity index (χ0v) is 18.6. The fourth-order valence-electron chi connectivity index (χ4n) is 3.25. The van der Waals surface area contributed by atoms with Crippen LogP contribution in [0.1, 0.15) is 24.8 Å². The summed E-state index contributed by atoms with van der Waals surface area (Å²) in [4.78, 5) is 4.84. The number of benzene rings is 2. The molecule has 6 nitrogen and oxygen atoms in total. The van der Waals surface area contributed by atoms with Crippen LogP contribution in [0.5, 0.6) is 0 Å². The van der Waals surface area contributed by atoms with Crippen molar-refractivity contribution in [3.63, 3.8) is 0 Å². The minimum atomic E-state index is -3.42. The van der Waals surface area contributed by atoms with Gasteiger partial charge in [0.15, 0.2) is 0 Å². The average Bonchev–Trinajstić information content (AvgIpc) is 3.25. The van der Waals surface area contributed by atoms with Crippen LogP contribution in [-0.2, 0) is 10.0 Å². The Morgan fingerprint density at radius 3 is 2.53 bits per heavy atom. The van der Waals surface area contributed by atoms with Crippen LogP contribution in [-0.4, -0.2) is 37.0 Å². The number of hydrogen-bond acceptors (Lipinski definition) is 6. The van der Waals surface area contributed by atoms with Crippen LogP contribution in [0.25, 0.3) is 11.3 Å². The van der Waals surface area contributed by atoms with Gasteiger partial charge in [0.1, 0.15) is 0 Å². The maximum atomic E-state index is 12.8. The summed E-state index contributed by atoms with van der Waals surface area (Å²) in [6.45, 7) is 1.19. The van der Waals surface area contributed by atoms with E-state index in [9.17, 15) is 8.42 Å². The third kappa shape index (κ3) is 4.73. The Balaban J connectivity index is 1.44. The van der Waals surface area contributed by atoms with Crippen LogP contribution < -0.4 is 5.43 Å². The number of hydrogen-bond donors (Lipinski definition) is 1. The number of piperidine rings is 1. The fraction of sp³-hybridized carbons (Fsp3) is 0.238. The van der Waals surface area contributed by atoms with Crippen molar-refractivity contribution in [2.75, 3.05) is 18.5 Å². The lowest BCUT2D eigenvalue weighted by molar-refractivity contribution is 0.346. The van der Waals surface area contributed by atoms with Crippen molar-refractivity contribution in [2.45, 2.75) is 24.2 Å². The van der Waals surface area contributed by atoms with E-state index in [0.717, 1.165) is 36.1 Å². The van der Waals surface area contributed by atoms with Crippen molar-refractivity contribution >= 4 is 44.3 Å². The van der Waals surface area contributed by atoms with Gasteiger partial charge in [-0.2, -0.15) is 9.41 Å². The van der Waals surface area contributed by atoms with Gasteiger partial charge in [-0.25, -0.2) is 13.4 Å². The largest absolute Gasteiger partial charge is 0.253 e. The number of nitrogens with zero attached hydrogens (tertiary/aromatic N) is 3. The first-order valence-corrected chi connectivity index (χ1v) is 12.3. The van der Waals surface area contributed by atoms with E-state index in [2.05, 4.69) is 15.5 Å². The van der Waals surface area contributed by atoms with E-state index in [1.54, 1.807) is 40.9 Å². The minimum Gasteiger partial charge on any atom is -0.253 e. The van der Waals surface area contributed by atoms with Gasteiger partial charge in [-0.05, 0) is 31.0 Å². The van der Waals surface area contributed by atoms with Gasteiger partial charge in [-0.1, -0.05) is 48.4 Å². The molecule has 4 rings (SSSR count). The number of hydrazone groups is 1. The maximum absolute atomic E-state index is 12.8. The molecule has 1 aromatic heterocycles. The van der Waals surface area contributed by atoms with Crippen molar-refractivity contribution < 1.29 is 8.42 Å². The van der Waals surface area contributed by atoms with Crippen molar-refractivity contribution in [3.8, 4) is 11.3 Å². The lowest BCUT2D eigenvalue weighted by Gasteiger charge is -2.25. The first kappa shape index (κ1) is 21.0. The van der Waals surface area contributed by atoms with Crippen molar-refractivity contribution in [2.24, 2.45) is 5.10 Å². The smallest absolute Gasteiger partial charge is 0.243 e. The summed E-state index contributed by atoms with van der Waals surface area (Å²) >= 11 is 7.53. The third-order valence-corrected chi connectivity index (χ3v) is 7.88. The second kappa shape index (κ2) is 9.26. The van der Waals surface area contributed by atoms with Crippen LogP contribution in [0.2, 0.25) is 5.02 Å². The molecule has 0 aliphatic carbocycles. The van der Waals surface area contributed by atoms with Crippen molar-refractivity contribution in [1.82, 2.24) is 9.29 Å². The van der Waals surface area contributed by atoms with E-state index in [1.807, 2.05) is 23.6 Å². The number of nitrogens with one attached hydrogen (secondary N) is 1. The third-order valence-electron chi connectivity index (χ3n) is 4.88. The van der Waals surface area contributed by atoms with Crippen molar-refractivity contribution in [1.29, 1.82) is 0 Å². The van der Waals surface area contributed by atoms with Gasteiger partial charge in [-0.15, -0.1) is 11.3 Å². The molecule has 3 aromatic rings. The number of thiazole rings is 1. The molecule has 0 spiro atoms. The number of halogens is 1. The van der Waals surface area contributed by atoms with E-state index in [4.69, 9.17) is 11.6 Å². The number of rotatable bonds is 6. The Labute approximate surface area is 185 Å². The van der Waals surface area contributed by atoms with Gasteiger partial charge in [0.05, 0.1) is 16.8 Å². The van der Waals surface area contributed by atoms with Gasteiger partial charge < -0.3 is 0 Å². The molecule has 1 aliphatic rings. The molecule has 156 valence electrons. The quantitative estimate of drug-likeness (QED) is 0.411. The van der Waals surface area contributed by atoms with Crippen molar-refractivity contribution in [3.05, 3.63) is 64.5 Å². The number of aromatic nitrogens is 1.